The smallest absolute Gasteiger partial charge is 0.129 e. The first kappa shape index (κ1) is 11.1. The molecule has 1 saturated carbocycles. The molecule has 1 aromatic carbocycles. The van der Waals surface area contributed by atoms with E-state index in [-0.39, 0.29) is 11.7 Å². The molecule has 0 bridgehead atoms. The number of amidine groups is 1. The molecule has 1 aliphatic rings. The number of benzene rings is 1. The molecular weight excluding hydrogens is 207 g/mol. The summed E-state index contributed by atoms with van der Waals surface area (Å²) in [6, 6.07) is 4.55. The van der Waals surface area contributed by atoms with Gasteiger partial charge in [0.05, 0.1) is 12.7 Å². The normalized spacial score (nSPS) is 15.8. The number of ether oxygens (including phenoxy) is 1. The summed E-state index contributed by atoms with van der Waals surface area (Å²) in [5, 5.41) is 7.19. The van der Waals surface area contributed by atoms with Gasteiger partial charge >= 0.3 is 0 Å². The largest absolute Gasteiger partial charge is 0.384 e. The lowest BCUT2D eigenvalue weighted by molar-refractivity contribution is -0.00975. The van der Waals surface area contributed by atoms with E-state index in [1.807, 2.05) is 0 Å². The highest BCUT2D eigenvalue weighted by molar-refractivity contribution is 5.94. The molecule has 1 aromatic rings. The number of hydrogen-bond donors (Lipinski definition) is 2. The molecule has 1 fully saturated rings. The maximum atomic E-state index is 13.6. The van der Waals surface area contributed by atoms with Crippen LogP contribution in [0.1, 0.15) is 30.4 Å². The van der Waals surface area contributed by atoms with Gasteiger partial charge in [0, 0.05) is 11.1 Å². The molecular formula is C12H15FN2O. The molecule has 16 heavy (non-hydrogen) atoms. The molecule has 2 rings (SSSR count). The summed E-state index contributed by atoms with van der Waals surface area (Å²) in [4.78, 5) is 0. The van der Waals surface area contributed by atoms with Gasteiger partial charge in [-0.1, -0.05) is 12.1 Å². The number of rotatable bonds is 4. The van der Waals surface area contributed by atoms with E-state index in [0.717, 1.165) is 12.8 Å². The zero-order valence-corrected chi connectivity index (χ0v) is 9.00. The highest BCUT2D eigenvalue weighted by Crippen LogP contribution is 2.23. The van der Waals surface area contributed by atoms with E-state index < -0.39 is 0 Å². The molecule has 0 spiro atoms. The van der Waals surface area contributed by atoms with E-state index in [1.165, 1.54) is 12.5 Å². The monoisotopic (exact) mass is 222 g/mol. The van der Waals surface area contributed by atoms with Crippen LogP contribution in [-0.2, 0) is 11.3 Å². The summed E-state index contributed by atoms with van der Waals surface area (Å²) < 4.78 is 19.1. The second kappa shape index (κ2) is 4.61. The topological polar surface area (TPSA) is 59.1 Å². The molecule has 0 unspecified atom stereocenters. The lowest BCUT2D eigenvalue weighted by Gasteiger charge is -2.25. The Morgan fingerprint density at radius 3 is 2.75 bits per heavy atom. The molecule has 3 nitrogen and oxygen atoms in total. The van der Waals surface area contributed by atoms with Crippen LogP contribution in [0.2, 0.25) is 0 Å². The molecule has 1 aliphatic carbocycles. The number of nitrogens with one attached hydrogen (secondary N) is 1. The number of hydrogen-bond acceptors (Lipinski definition) is 2. The van der Waals surface area contributed by atoms with Crippen molar-refractivity contribution in [3.05, 3.63) is 35.1 Å². The molecule has 3 N–H and O–H groups in total. The fraction of sp³-hybridized carbons (Fsp3) is 0.417. The molecule has 0 aliphatic heterocycles. The van der Waals surface area contributed by atoms with Gasteiger partial charge in [-0.2, -0.15) is 0 Å². The first-order valence-electron chi connectivity index (χ1n) is 5.41. The summed E-state index contributed by atoms with van der Waals surface area (Å²) in [5.41, 5.74) is 6.20. The highest BCUT2D eigenvalue weighted by atomic mass is 19.1. The van der Waals surface area contributed by atoms with Crippen molar-refractivity contribution >= 4 is 5.84 Å². The number of nitrogen functional groups attached to an aromatic ring is 1. The first-order valence-corrected chi connectivity index (χ1v) is 5.41. The van der Waals surface area contributed by atoms with Crippen molar-refractivity contribution in [2.45, 2.75) is 32.0 Å². The lowest BCUT2D eigenvalue weighted by Crippen LogP contribution is -2.21. The molecule has 0 radical (unpaired) electrons. The molecule has 0 atom stereocenters. The van der Waals surface area contributed by atoms with Gasteiger partial charge in [0.2, 0.25) is 0 Å². The van der Waals surface area contributed by atoms with Gasteiger partial charge in [-0.05, 0) is 25.3 Å². The van der Waals surface area contributed by atoms with Crippen molar-refractivity contribution in [2.24, 2.45) is 5.73 Å². The number of halogens is 1. The average Bonchev–Trinajstić information content (AvgIpc) is 2.17. The van der Waals surface area contributed by atoms with Crippen LogP contribution < -0.4 is 5.73 Å². The fourth-order valence-corrected chi connectivity index (χ4v) is 1.58. The minimum atomic E-state index is -0.355. The number of nitrogens with two attached hydrogens (primary N) is 1. The third kappa shape index (κ3) is 2.39. The summed E-state index contributed by atoms with van der Waals surface area (Å²) in [6.07, 6.45) is 3.66. The summed E-state index contributed by atoms with van der Waals surface area (Å²) in [6.45, 7) is 0.300. The molecule has 86 valence electrons. The van der Waals surface area contributed by atoms with E-state index in [9.17, 15) is 4.39 Å². The Balaban J connectivity index is 2.00. The van der Waals surface area contributed by atoms with Crippen LogP contribution in [0.3, 0.4) is 0 Å². The Hall–Kier alpha value is -1.42. The van der Waals surface area contributed by atoms with E-state index >= 15 is 0 Å². The second-order valence-electron chi connectivity index (χ2n) is 4.08. The standard InChI is InChI=1S/C12H15FN2O/c13-11-6-8(12(14)15)4-5-9(11)7-16-10-2-1-3-10/h4-6,10H,1-3,7H2,(H3,14,15). The maximum absolute atomic E-state index is 13.6. The van der Waals surface area contributed by atoms with Gasteiger partial charge in [0.1, 0.15) is 11.7 Å². The van der Waals surface area contributed by atoms with Gasteiger partial charge in [0.25, 0.3) is 0 Å². The van der Waals surface area contributed by atoms with Gasteiger partial charge in [-0.25, -0.2) is 4.39 Å². The fourth-order valence-electron chi connectivity index (χ4n) is 1.58. The Labute approximate surface area is 93.9 Å². The molecule has 0 heterocycles. The second-order valence-corrected chi connectivity index (χ2v) is 4.08. The Kier molecular flexibility index (Phi) is 3.19. The van der Waals surface area contributed by atoms with Gasteiger partial charge < -0.3 is 10.5 Å². The van der Waals surface area contributed by atoms with Crippen LogP contribution >= 0.6 is 0 Å². The van der Waals surface area contributed by atoms with E-state index in [1.54, 1.807) is 12.1 Å². The van der Waals surface area contributed by atoms with Crippen LogP contribution in [-0.4, -0.2) is 11.9 Å². The van der Waals surface area contributed by atoms with Crippen molar-refractivity contribution < 1.29 is 9.13 Å². The first-order chi connectivity index (χ1) is 7.66. The van der Waals surface area contributed by atoms with Gasteiger partial charge in [-0.15, -0.1) is 0 Å². The van der Waals surface area contributed by atoms with Crippen molar-refractivity contribution in [1.29, 1.82) is 5.41 Å². The predicted octanol–water partition coefficient (Wildman–Crippen LogP) is 2.18. The van der Waals surface area contributed by atoms with Crippen LogP contribution in [0.25, 0.3) is 0 Å². The Bertz CT molecular complexity index is 402. The van der Waals surface area contributed by atoms with Crippen LogP contribution in [0, 0.1) is 11.2 Å². The highest BCUT2D eigenvalue weighted by Gasteiger charge is 2.18. The third-order valence-corrected chi connectivity index (χ3v) is 2.89. The van der Waals surface area contributed by atoms with Crippen molar-refractivity contribution in [3.8, 4) is 0 Å². The lowest BCUT2D eigenvalue weighted by atomic mass is 9.96. The molecule has 0 aromatic heterocycles. The van der Waals surface area contributed by atoms with E-state index in [2.05, 4.69) is 0 Å². The maximum Gasteiger partial charge on any atom is 0.129 e. The summed E-state index contributed by atoms with van der Waals surface area (Å²) >= 11 is 0. The zero-order valence-electron chi connectivity index (χ0n) is 9.00. The average molecular weight is 222 g/mol. The summed E-state index contributed by atoms with van der Waals surface area (Å²) in [7, 11) is 0. The predicted molar refractivity (Wildman–Crippen MR) is 59.8 cm³/mol. The van der Waals surface area contributed by atoms with Gasteiger partial charge in [0.15, 0.2) is 0 Å². The van der Waals surface area contributed by atoms with E-state index in [4.69, 9.17) is 15.9 Å². The summed E-state index contributed by atoms with van der Waals surface area (Å²) in [5.74, 6) is -0.475. The van der Waals surface area contributed by atoms with Crippen LogP contribution in [0.5, 0.6) is 0 Å². The zero-order chi connectivity index (χ0) is 11.5. The Morgan fingerprint density at radius 2 is 2.25 bits per heavy atom. The van der Waals surface area contributed by atoms with Crippen molar-refractivity contribution in [2.75, 3.05) is 0 Å². The van der Waals surface area contributed by atoms with Gasteiger partial charge in [-0.3, -0.25) is 5.41 Å². The molecule has 0 saturated heterocycles. The van der Waals surface area contributed by atoms with Crippen LogP contribution in [0.4, 0.5) is 4.39 Å². The molecule has 0 amide bonds. The SMILES string of the molecule is N=C(N)c1ccc(COC2CCC2)c(F)c1. The van der Waals surface area contributed by atoms with Crippen molar-refractivity contribution in [3.63, 3.8) is 0 Å². The molecule has 4 heteroatoms. The minimum absolute atomic E-state index is 0.120. The van der Waals surface area contributed by atoms with Crippen molar-refractivity contribution in [1.82, 2.24) is 0 Å². The Morgan fingerprint density at radius 1 is 1.50 bits per heavy atom. The van der Waals surface area contributed by atoms with Crippen LogP contribution in [0.15, 0.2) is 18.2 Å². The third-order valence-electron chi connectivity index (χ3n) is 2.89. The van der Waals surface area contributed by atoms with E-state index in [0.29, 0.717) is 23.8 Å². The minimum Gasteiger partial charge on any atom is -0.384 e. The quantitative estimate of drug-likeness (QED) is 0.606.